The lowest BCUT2D eigenvalue weighted by atomic mass is 10.1. The molecule has 0 aromatic heterocycles. The molecule has 102 valence electrons. The first-order valence-electron chi connectivity index (χ1n) is 5.93. The SMILES string of the molecule is CSCCCCNC(C)c1cc(F)c(Cl)cc1Cl. The van der Waals surface area contributed by atoms with E-state index in [1.807, 2.05) is 18.7 Å². The number of hydrogen-bond donors (Lipinski definition) is 1. The number of hydrogen-bond acceptors (Lipinski definition) is 2. The van der Waals surface area contributed by atoms with Gasteiger partial charge in [-0.25, -0.2) is 4.39 Å². The van der Waals surface area contributed by atoms with Crippen LogP contribution in [0.4, 0.5) is 4.39 Å². The molecule has 5 heteroatoms. The highest BCUT2D eigenvalue weighted by molar-refractivity contribution is 7.98. The Morgan fingerprint density at radius 1 is 1.28 bits per heavy atom. The number of unbranched alkanes of at least 4 members (excludes halogenated alkanes) is 1. The van der Waals surface area contributed by atoms with Crippen molar-refractivity contribution < 1.29 is 4.39 Å². The van der Waals surface area contributed by atoms with Crippen molar-refractivity contribution in [3.05, 3.63) is 33.6 Å². The van der Waals surface area contributed by atoms with Crippen LogP contribution in [0.15, 0.2) is 12.1 Å². The lowest BCUT2D eigenvalue weighted by Gasteiger charge is -2.16. The van der Waals surface area contributed by atoms with Crippen LogP contribution >= 0.6 is 35.0 Å². The lowest BCUT2D eigenvalue weighted by molar-refractivity contribution is 0.549. The minimum atomic E-state index is -0.424. The molecule has 0 heterocycles. The molecular formula is C13H18Cl2FNS. The Balaban J connectivity index is 2.51. The maximum Gasteiger partial charge on any atom is 0.142 e. The van der Waals surface area contributed by atoms with Gasteiger partial charge in [-0.1, -0.05) is 23.2 Å². The molecule has 1 rings (SSSR count). The largest absolute Gasteiger partial charge is 0.310 e. The summed E-state index contributed by atoms with van der Waals surface area (Å²) in [6.07, 6.45) is 4.40. The minimum Gasteiger partial charge on any atom is -0.310 e. The molecule has 1 N–H and O–H groups in total. The van der Waals surface area contributed by atoms with Gasteiger partial charge >= 0.3 is 0 Å². The summed E-state index contributed by atoms with van der Waals surface area (Å²) in [5, 5.41) is 3.91. The molecule has 0 aliphatic heterocycles. The van der Waals surface area contributed by atoms with E-state index in [1.165, 1.54) is 24.3 Å². The molecule has 0 saturated carbocycles. The van der Waals surface area contributed by atoms with E-state index in [0.29, 0.717) is 5.02 Å². The van der Waals surface area contributed by atoms with Gasteiger partial charge in [-0.15, -0.1) is 0 Å². The van der Waals surface area contributed by atoms with Crippen molar-refractivity contribution in [2.24, 2.45) is 0 Å². The average molecular weight is 310 g/mol. The summed E-state index contributed by atoms with van der Waals surface area (Å²) in [6.45, 7) is 2.88. The van der Waals surface area contributed by atoms with Gasteiger partial charge in [0, 0.05) is 11.1 Å². The number of nitrogens with one attached hydrogen (secondary N) is 1. The molecule has 1 atom stereocenters. The smallest absolute Gasteiger partial charge is 0.142 e. The third-order valence-electron chi connectivity index (χ3n) is 2.73. The molecule has 0 saturated heterocycles. The van der Waals surface area contributed by atoms with Gasteiger partial charge in [0.25, 0.3) is 0 Å². The van der Waals surface area contributed by atoms with Crippen LogP contribution in [0.5, 0.6) is 0 Å². The van der Waals surface area contributed by atoms with Crippen LogP contribution in [-0.4, -0.2) is 18.6 Å². The summed E-state index contributed by atoms with van der Waals surface area (Å²) in [4.78, 5) is 0. The van der Waals surface area contributed by atoms with E-state index in [1.54, 1.807) is 0 Å². The highest BCUT2D eigenvalue weighted by Crippen LogP contribution is 2.28. The molecule has 0 aliphatic carbocycles. The van der Waals surface area contributed by atoms with Crippen LogP contribution in [0, 0.1) is 5.82 Å². The molecule has 1 aromatic carbocycles. The van der Waals surface area contributed by atoms with Crippen molar-refractivity contribution in [2.45, 2.75) is 25.8 Å². The van der Waals surface area contributed by atoms with Gasteiger partial charge in [0.1, 0.15) is 5.82 Å². The van der Waals surface area contributed by atoms with Gasteiger partial charge in [0.05, 0.1) is 5.02 Å². The maximum atomic E-state index is 13.4. The maximum absolute atomic E-state index is 13.4. The monoisotopic (exact) mass is 309 g/mol. The second kappa shape index (κ2) is 8.26. The van der Waals surface area contributed by atoms with Crippen molar-refractivity contribution in [3.63, 3.8) is 0 Å². The normalized spacial score (nSPS) is 12.7. The molecule has 0 amide bonds. The minimum absolute atomic E-state index is 0.0264. The van der Waals surface area contributed by atoms with Crippen molar-refractivity contribution in [1.82, 2.24) is 5.32 Å². The Bertz CT molecular complexity index is 387. The molecule has 0 bridgehead atoms. The molecular weight excluding hydrogens is 292 g/mol. The molecule has 1 aromatic rings. The highest BCUT2D eigenvalue weighted by atomic mass is 35.5. The number of thioether (sulfide) groups is 1. The van der Waals surface area contributed by atoms with Gasteiger partial charge in [0.15, 0.2) is 0 Å². The van der Waals surface area contributed by atoms with E-state index in [-0.39, 0.29) is 11.1 Å². The summed E-state index contributed by atoms with van der Waals surface area (Å²) < 4.78 is 13.4. The van der Waals surface area contributed by atoms with Crippen molar-refractivity contribution >= 4 is 35.0 Å². The quantitative estimate of drug-likeness (QED) is 0.566. The second-order valence-electron chi connectivity index (χ2n) is 4.16. The van der Waals surface area contributed by atoms with E-state index in [0.717, 1.165) is 18.5 Å². The molecule has 0 spiro atoms. The molecule has 0 radical (unpaired) electrons. The van der Waals surface area contributed by atoms with Crippen LogP contribution in [0.3, 0.4) is 0 Å². The van der Waals surface area contributed by atoms with E-state index in [4.69, 9.17) is 23.2 Å². The summed E-state index contributed by atoms with van der Waals surface area (Å²) in [5.41, 5.74) is 0.753. The second-order valence-corrected chi connectivity index (χ2v) is 5.96. The first-order chi connectivity index (χ1) is 8.56. The third-order valence-corrected chi connectivity index (χ3v) is 4.05. The molecule has 0 fully saturated rings. The van der Waals surface area contributed by atoms with E-state index >= 15 is 0 Å². The number of rotatable bonds is 7. The van der Waals surface area contributed by atoms with E-state index < -0.39 is 5.82 Å². The Morgan fingerprint density at radius 2 is 2.00 bits per heavy atom. The van der Waals surface area contributed by atoms with Crippen LogP contribution < -0.4 is 5.32 Å². The number of halogens is 3. The van der Waals surface area contributed by atoms with Gasteiger partial charge < -0.3 is 5.32 Å². The van der Waals surface area contributed by atoms with Crippen LogP contribution in [-0.2, 0) is 0 Å². The molecule has 1 unspecified atom stereocenters. The summed E-state index contributed by atoms with van der Waals surface area (Å²) in [6, 6.07) is 2.89. The predicted molar refractivity (Wildman–Crippen MR) is 80.5 cm³/mol. The van der Waals surface area contributed by atoms with Gasteiger partial charge in [-0.05, 0) is 56.0 Å². The van der Waals surface area contributed by atoms with Crippen LogP contribution in [0.2, 0.25) is 10.0 Å². The fraction of sp³-hybridized carbons (Fsp3) is 0.538. The zero-order valence-electron chi connectivity index (χ0n) is 10.6. The molecule has 18 heavy (non-hydrogen) atoms. The van der Waals surface area contributed by atoms with Gasteiger partial charge in [-0.3, -0.25) is 0 Å². The van der Waals surface area contributed by atoms with Crippen molar-refractivity contribution in [1.29, 1.82) is 0 Å². The Hall–Kier alpha value is 0.0400. The highest BCUT2D eigenvalue weighted by Gasteiger charge is 2.12. The standard InChI is InChI=1S/C13H18Cl2FNS/c1-9(17-5-3-4-6-18-2)10-7-13(16)12(15)8-11(10)14/h7-9,17H,3-6H2,1-2H3. The first kappa shape index (κ1) is 16.1. The summed E-state index contributed by atoms with van der Waals surface area (Å²) in [7, 11) is 0. The number of benzene rings is 1. The lowest BCUT2D eigenvalue weighted by Crippen LogP contribution is -2.20. The van der Waals surface area contributed by atoms with Gasteiger partial charge in [-0.2, -0.15) is 11.8 Å². The molecule has 1 nitrogen and oxygen atoms in total. The zero-order chi connectivity index (χ0) is 13.5. The Kier molecular flexibility index (Phi) is 7.38. The van der Waals surface area contributed by atoms with Crippen molar-refractivity contribution in [3.8, 4) is 0 Å². The van der Waals surface area contributed by atoms with Gasteiger partial charge in [0.2, 0.25) is 0 Å². The Morgan fingerprint density at radius 3 is 2.67 bits per heavy atom. The topological polar surface area (TPSA) is 12.0 Å². The fourth-order valence-electron chi connectivity index (χ4n) is 1.67. The molecule has 0 aliphatic rings. The zero-order valence-corrected chi connectivity index (χ0v) is 12.9. The summed E-state index contributed by atoms with van der Waals surface area (Å²) in [5.74, 6) is 0.749. The fourth-order valence-corrected chi connectivity index (χ4v) is 2.71. The van der Waals surface area contributed by atoms with Crippen molar-refractivity contribution in [2.75, 3.05) is 18.6 Å². The predicted octanol–water partition coefficient (Wildman–Crippen LogP) is 4.93. The van der Waals surface area contributed by atoms with E-state index in [2.05, 4.69) is 11.6 Å². The third kappa shape index (κ3) is 4.96. The van der Waals surface area contributed by atoms with Crippen LogP contribution in [0.25, 0.3) is 0 Å². The van der Waals surface area contributed by atoms with E-state index in [9.17, 15) is 4.39 Å². The summed E-state index contributed by atoms with van der Waals surface area (Å²) >= 11 is 13.6. The Labute approximate surface area is 122 Å². The average Bonchev–Trinajstić information content (AvgIpc) is 2.33. The van der Waals surface area contributed by atoms with Crippen LogP contribution in [0.1, 0.15) is 31.4 Å². The first-order valence-corrected chi connectivity index (χ1v) is 8.08.